The smallest absolute Gasteiger partial charge is 0.361 e. The van der Waals surface area contributed by atoms with Crippen molar-refractivity contribution in [2.75, 3.05) is 6.61 Å². The topological polar surface area (TPSA) is 118 Å². The zero-order valence-corrected chi connectivity index (χ0v) is 12.0. The second-order valence-corrected chi connectivity index (χ2v) is 4.42. The summed E-state index contributed by atoms with van der Waals surface area (Å²) in [5.74, 6) is -1.20. The molecular weight excluding hydrogens is 276 g/mol. The van der Waals surface area contributed by atoms with Gasteiger partial charge < -0.3 is 15.0 Å². The summed E-state index contributed by atoms with van der Waals surface area (Å²) in [6, 6.07) is -0.759. The molecule has 0 radical (unpaired) electrons. The van der Waals surface area contributed by atoms with Gasteiger partial charge in [-0.2, -0.15) is 0 Å². The molecule has 0 spiro atoms. The van der Waals surface area contributed by atoms with Gasteiger partial charge in [0.05, 0.1) is 24.8 Å². The van der Waals surface area contributed by atoms with Gasteiger partial charge in [0.15, 0.2) is 5.69 Å². The fraction of sp³-hybridized carbons (Fsp3) is 0.417. The number of hydrogen-bond donors (Lipinski definition) is 1. The van der Waals surface area contributed by atoms with Gasteiger partial charge in [0.25, 0.3) is 0 Å². The van der Waals surface area contributed by atoms with E-state index in [4.69, 9.17) is 10.5 Å². The van der Waals surface area contributed by atoms with Crippen LogP contribution in [0.2, 0.25) is 0 Å². The molecule has 0 aromatic carbocycles. The normalized spacial score (nSPS) is 12.1. The molecular formula is C12H16N6O3. The number of nitrogens with two attached hydrogens (primary N) is 1. The lowest BCUT2D eigenvalue weighted by atomic mass is 10.2. The van der Waals surface area contributed by atoms with Crippen LogP contribution in [0.3, 0.4) is 0 Å². The highest BCUT2D eigenvalue weighted by Gasteiger charge is 2.27. The second-order valence-electron chi connectivity index (χ2n) is 4.42. The maximum Gasteiger partial charge on any atom is 0.361 e. The average Bonchev–Trinajstić information content (AvgIpc) is 3.03. The summed E-state index contributed by atoms with van der Waals surface area (Å²) in [5.41, 5.74) is 6.25. The van der Waals surface area contributed by atoms with E-state index in [1.54, 1.807) is 38.0 Å². The van der Waals surface area contributed by atoms with E-state index in [0.717, 1.165) is 0 Å². The molecule has 0 aliphatic rings. The standard InChI is InChI=1S/C12H16N6O3/c1-4-21-12(20)9-10(8-5-14-6-17(8)3)18(16-15-9)7(2)11(13)19/h5-7H,4H2,1-3H3,(H2,13,19). The predicted molar refractivity (Wildman–Crippen MR) is 72.1 cm³/mol. The molecule has 1 amide bonds. The molecule has 2 heterocycles. The molecule has 0 bridgehead atoms. The van der Waals surface area contributed by atoms with Crippen LogP contribution in [0.5, 0.6) is 0 Å². The molecule has 1 atom stereocenters. The van der Waals surface area contributed by atoms with Crippen molar-refractivity contribution in [3.05, 3.63) is 18.2 Å². The summed E-state index contributed by atoms with van der Waals surface area (Å²) in [4.78, 5) is 27.4. The summed E-state index contributed by atoms with van der Waals surface area (Å²) in [5, 5.41) is 7.69. The van der Waals surface area contributed by atoms with Crippen LogP contribution in [0.25, 0.3) is 11.4 Å². The number of hydrogen-bond acceptors (Lipinski definition) is 6. The van der Waals surface area contributed by atoms with E-state index < -0.39 is 17.9 Å². The van der Waals surface area contributed by atoms with Crippen LogP contribution in [-0.2, 0) is 16.6 Å². The third-order valence-electron chi connectivity index (χ3n) is 3.00. The molecule has 9 heteroatoms. The molecule has 0 fully saturated rings. The highest BCUT2D eigenvalue weighted by Crippen LogP contribution is 2.25. The lowest BCUT2D eigenvalue weighted by Crippen LogP contribution is -2.25. The van der Waals surface area contributed by atoms with Crippen molar-refractivity contribution in [2.45, 2.75) is 19.9 Å². The van der Waals surface area contributed by atoms with Crippen LogP contribution >= 0.6 is 0 Å². The second kappa shape index (κ2) is 5.73. The van der Waals surface area contributed by atoms with Crippen LogP contribution in [0.1, 0.15) is 30.4 Å². The Hall–Kier alpha value is -2.71. The third kappa shape index (κ3) is 2.62. The molecule has 21 heavy (non-hydrogen) atoms. The first-order valence-electron chi connectivity index (χ1n) is 6.35. The Balaban J connectivity index is 2.61. The van der Waals surface area contributed by atoms with Crippen molar-refractivity contribution >= 4 is 11.9 Å². The van der Waals surface area contributed by atoms with E-state index in [0.29, 0.717) is 11.4 Å². The van der Waals surface area contributed by atoms with Crippen LogP contribution in [0, 0.1) is 0 Å². The van der Waals surface area contributed by atoms with E-state index >= 15 is 0 Å². The highest BCUT2D eigenvalue weighted by molar-refractivity contribution is 5.94. The van der Waals surface area contributed by atoms with Crippen LogP contribution < -0.4 is 5.73 Å². The number of aromatic nitrogens is 5. The van der Waals surface area contributed by atoms with Crippen molar-refractivity contribution < 1.29 is 14.3 Å². The molecule has 1 unspecified atom stereocenters. The molecule has 112 valence electrons. The fourth-order valence-electron chi connectivity index (χ4n) is 1.85. The number of esters is 1. The quantitative estimate of drug-likeness (QED) is 0.769. The number of nitrogens with zero attached hydrogens (tertiary/aromatic N) is 5. The molecule has 2 rings (SSSR count). The summed E-state index contributed by atoms with van der Waals surface area (Å²) in [6.07, 6.45) is 3.11. The van der Waals surface area contributed by atoms with Gasteiger partial charge in [-0.3, -0.25) is 4.79 Å². The van der Waals surface area contributed by atoms with E-state index in [9.17, 15) is 9.59 Å². The van der Waals surface area contributed by atoms with Gasteiger partial charge in [-0.05, 0) is 13.8 Å². The third-order valence-corrected chi connectivity index (χ3v) is 3.00. The number of aryl methyl sites for hydroxylation is 1. The fourth-order valence-corrected chi connectivity index (χ4v) is 1.85. The number of rotatable bonds is 5. The van der Waals surface area contributed by atoms with Gasteiger partial charge in [0, 0.05) is 7.05 Å². The molecule has 0 saturated carbocycles. The molecule has 9 nitrogen and oxygen atoms in total. The Morgan fingerprint density at radius 2 is 2.19 bits per heavy atom. The molecule has 0 saturated heterocycles. The molecule has 0 aliphatic carbocycles. The van der Waals surface area contributed by atoms with Crippen LogP contribution in [0.4, 0.5) is 0 Å². The maximum atomic E-state index is 12.0. The van der Waals surface area contributed by atoms with E-state index in [2.05, 4.69) is 15.3 Å². The molecule has 0 aliphatic heterocycles. The first kappa shape index (κ1) is 14.7. The highest BCUT2D eigenvalue weighted by atomic mass is 16.5. The average molecular weight is 292 g/mol. The lowest BCUT2D eigenvalue weighted by Gasteiger charge is -2.12. The van der Waals surface area contributed by atoms with Gasteiger partial charge in [-0.25, -0.2) is 14.5 Å². The van der Waals surface area contributed by atoms with Crippen molar-refractivity contribution in [2.24, 2.45) is 12.8 Å². The summed E-state index contributed by atoms with van der Waals surface area (Å²) in [6.45, 7) is 3.48. The van der Waals surface area contributed by atoms with Crippen molar-refractivity contribution in [1.29, 1.82) is 0 Å². The number of imidazole rings is 1. The Morgan fingerprint density at radius 1 is 1.48 bits per heavy atom. The summed E-state index contributed by atoms with van der Waals surface area (Å²) >= 11 is 0. The first-order chi connectivity index (χ1) is 9.97. The Morgan fingerprint density at radius 3 is 2.71 bits per heavy atom. The van der Waals surface area contributed by atoms with Crippen molar-refractivity contribution in [1.82, 2.24) is 24.5 Å². The van der Waals surface area contributed by atoms with Crippen molar-refractivity contribution in [3.8, 4) is 11.4 Å². The minimum Gasteiger partial charge on any atom is -0.461 e. The van der Waals surface area contributed by atoms with E-state index in [-0.39, 0.29) is 12.3 Å². The molecule has 2 aromatic heterocycles. The van der Waals surface area contributed by atoms with Crippen LogP contribution in [-0.4, -0.2) is 43.0 Å². The Kier molecular flexibility index (Phi) is 4.01. The number of carbonyl (C=O) groups excluding carboxylic acids is 2. The Bertz CT molecular complexity index is 674. The number of primary amides is 1. The lowest BCUT2D eigenvalue weighted by molar-refractivity contribution is -0.120. The van der Waals surface area contributed by atoms with Crippen molar-refractivity contribution in [3.63, 3.8) is 0 Å². The zero-order chi connectivity index (χ0) is 15.6. The first-order valence-corrected chi connectivity index (χ1v) is 6.35. The molecule has 2 aromatic rings. The SMILES string of the molecule is CCOC(=O)c1nnn(C(C)C(N)=O)c1-c1cncn1C. The summed E-state index contributed by atoms with van der Waals surface area (Å²) in [7, 11) is 1.75. The molecule has 2 N–H and O–H groups in total. The number of carbonyl (C=O) groups is 2. The zero-order valence-electron chi connectivity index (χ0n) is 12.0. The van der Waals surface area contributed by atoms with E-state index in [1.807, 2.05) is 0 Å². The minimum absolute atomic E-state index is 0.0218. The van der Waals surface area contributed by atoms with Gasteiger partial charge in [0.2, 0.25) is 5.91 Å². The monoisotopic (exact) mass is 292 g/mol. The van der Waals surface area contributed by atoms with Gasteiger partial charge in [-0.15, -0.1) is 5.10 Å². The number of amides is 1. The minimum atomic E-state index is -0.759. The van der Waals surface area contributed by atoms with Gasteiger partial charge in [0.1, 0.15) is 11.7 Å². The Labute approximate surface area is 120 Å². The van der Waals surface area contributed by atoms with Crippen LogP contribution in [0.15, 0.2) is 12.5 Å². The largest absolute Gasteiger partial charge is 0.461 e. The van der Waals surface area contributed by atoms with Gasteiger partial charge >= 0.3 is 5.97 Å². The summed E-state index contributed by atoms with van der Waals surface area (Å²) < 4.78 is 7.94. The van der Waals surface area contributed by atoms with E-state index in [1.165, 1.54) is 4.68 Å². The van der Waals surface area contributed by atoms with Gasteiger partial charge in [-0.1, -0.05) is 5.21 Å². The number of ether oxygens (including phenoxy) is 1. The predicted octanol–water partition coefficient (Wildman–Crippen LogP) is -0.0984. The maximum absolute atomic E-state index is 12.0.